The maximum atomic E-state index is 12.0. The quantitative estimate of drug-likeness (QED) is 0.920. The summed E-state index contributed by atoms with van der Waals surface area (Å²) in [6.45, 7) is 1.19. The fraction of sp³-hybridized carbons (Fsp3) is 0.286. The molecule has 2 aromatic carbocycles. The summed E-state index contributed by atoms with van der Waals surface area (Å²) in [6, 6.07) is 13.3. The Morgan fingerprint density at radius 1 is 1.11 bits per heavy atom. The zero-order valence-corrected chi connectivity index (χ0v) is 11.0. The third kappa shape index (κ3) is 2.54. The second-order valence-electron chi connectivity index (χ2n) is 4.44. The van der Waals surface area contributed by atoms with Crippen LogP contribution in [0.1, 0.15) is 12.5 Å². The van der Waals surface area contributed by atoms with E-state index in [2.05, 4.69) is 0 Å². The highest BCUT2D eigenvalue weighted by atomic mass is 32.2. The van der Waals surface area contributed by atoms with Gasteiger partial charge in [-0.05, 0) is 23.3 Å². The molecule has 0 radical (unpaired) electrons. The molecule has 0 saturated heterocycles. The Bertz CT molecular complexity index is 642. The zero-order valence-electron chi connectivity index (χ0n) is 10.2. The lowest BCUT2D eigenvalue weighted by Gasteiger charge is -2.11. The molecule has 1 N–H and O–H groups in total. The van der Waals surface area contributed by atoms with Crippen molar-refractivity contribution in [3.63, 3.8) is 0 Å². The number of aliphatic hydroxyl groups excluding tert-OH is 1. The second kappa shape index (κ2) is 5.08. The Labute approximate surface area is 107 Å². The van der Waals surface area contributed by atoms with E-state index in [9.17, 15) is 8.42 Å². The first-order valence-electron chi connectivity index (χ1n) is 5.83. The molecule has 4 heteroatoms. The molecule has 0 spiro atoms. The molecule has 0 aromatic heterocycles. The number of sulfone groups is 1. The summed E-state index contributed by atoms with van der Waals surface area (Å²) in [7, 11) is -3.30. The van der Waals surface area contributed by atoms with Crippen molar-refractivity contribution < 1.29 is 13.5 Å². The molecule has 0 saturated carbocycles. The number of hydrogen-bond acceptors (Lipinski definition) is 3. The molecule has 96 valence electrons. The van der Waals surface area contributed by atoms with E-state index in [-0.39, 0.29) is 12.4 Å². The Morgan fingerprint density at radius 3 is 2.50 bits per heavy atom. The minimum Gasteiger partial charge on any atom is -0.395 e. The Hall–Kier alpha value is -1.39. The number of fused-ring (bicyclic) bond motifs is 1. The summed E-state index contributed by atoms with van der Waals surface area (Å²) in [5.74, 6) is -0.0317. The summed E-state index contributed by atoms with van der Waals surface area (Å²) in [5, 5.41) is 10.2. The third-order valence-corrected chi connectivity index (χ3v) is 5.20. The number of hydrogen-bond donors (Lipinski definition) is 1. The van der Waals surface area contributed by atoms with E-state index < -0.39 is 15.1 Å². The van der Waals surface area contributed by atoms with Crippen molar-refractivity contribution >= 4 is 20.6 Å². The van der Waals surface area contributed by atoms with Crippen LogP contribution in [0.15, 0.2) is 42.5 Å². The van der Waals surface area contributed by atoms with E-state index in [0.717, 1.165) is 16.3 Å². The first kappa shape index (κ1) is 13.1. The topological polar surface area (TPSA) is 54.4 Å². The van der Waals surface area contributed by atoms with Crippen LogP contribution < -0.4 is 0 Å². The molecule has 2 aromatic rings. The molecule has 1 atom stereocenters. The predicted octanol–water partition coefficient (Wildman–Crippen LogP) is 2.14. The van der Waals surface area contributed by atoms with Gasteiger partial charge in [-0.25, -0.2) is 8.42 Å². The van der Waals surface area contributed by atoms with Crippen molar-refractivity contribution in [1.82, 2.24) is 0 Å². The molecule has 2 rings (SSSR count). The van der Waals surface area contributed by atoms with Crippen molar-refractivity contribution in [2.24, 2.45) is 0 Å². The van der Waals surface area contributed by atoms with Crippen molar-refractivity contribution in [1.29, 1.82) is 0 Å². The van der Waals surface area contributed by atoms with Gasteiger partial charge >= 0.3 is 0 Å². The number of rotatable bonds is 4. The lowest BCUT2D eigenvalue weighted by molar-refractivity contribution is 0.295. The van der Waals surface area contributed by atoms with Gasteiger partial charge in [0.15, 0.2) is 9.84 Å². The smallest absolute Gasteiger partial charge is 0.159 e. The van der Waals surface area contributed by atoms with Crippen LogP contribution in [-0.4, -0.2) is 25.4 Å². The van der Waals surface area contributed by atoms with Crippen LogP contribution >= 0.6 is 0 Å². The van der Waals surface area contributed by atoms with E-state index in [0.29, 0.717) is 0 Å². The van der Waals surface area contributed by atoms with Crippen LogP contribution in [0.25, 0.3) is 10.8 Å². The fourth-order valence-electron chi connectivity index (χ4n) is 1.89. The van der Waals surface area contributed by atoms with Crippen LogP contribution in [0.2, 0.25) is 0 Å². The third-order valence-electron chi connectivity index (χ3n) is 3.11. The van der Waals surface area contributed by atoms with Crippen LogP contribution in [0.5, 0.6) is 0 Å². The number of benzene rings is 2. The van der Waals surface area contributed by atoms with Crippen molar-refractivity contribution in [3.05, 3.63) is 48.0 Å². The van der Waals surface area contributed by atoms with E-state index in [1.165, 1.54) is 6.92 Å². The van der Waals surface area contributed by atoms with Crippen LogP contribution in [0, 0.1) is 0 Å². The number of aliphatic hydroxyl groups is 1. The second-order valence-corrected chi connectivity index (χ2v) is 6.86. The van der Waals surface area contributed by atoms with Gasteiger partial charge in [-0.15, -0.1) is 0 Å². The molecule has 3 nitrogen and oxygen atoms in total. The summed E-state index contributed by atoms with van der Waals surface area (Å²) in [5.41, 5.74) is 0.786. The van der Waals surface area contributed by atoms with Crippen molar-refractivity contribution in [2.45, 2.75) is 17.9 Å². The van der Waals surface area contributed by atoms with Gasteiger partial charge in [0, 0.05) is 0 Å². The van der Waals surface area contributed by atoms with Crippen molar-refractivity contribution in [3.8, 4) is 0 Å². The first-order chi connectivity index (χ1) is 8.54. The molecule has 0 heterocycles. The van der Waals surface area contributed by atoms with Gasteiger partial charge in [-0.2, -0.15) is 0 Å². The Kier molecular flexibility index (Phi) is 3.68. The average Bonchev–Trinajstić information content (AvgIpc) is 2.38. The van der Waals surface area contributed by atoms with Gasteiger partial charge in [0.1, 0.15) is 0 Å². The molecular weight excluding hydrogens is 248 g/mol. The molecule has 18 heavy (non-hydrogen) atoms. The van der Waals surface area contributed by atoms with Gasteiger partial charge in [0.2, 0.25) is 0 Å². The summed E-state index contributed by atoms with van der Waals surface area (Å²) in [4.78, 5) is 0. The van der Waals surface area contributed by atoms with Crippen molar-refractivity contribution in [2.75, 3.05) is 6.61 Å². The van der Waals surface area contributed by atoms with E-state index >= 15 is 0 Å². The molecular formula is C14H16O3S. The van der Waals surface area contributed by atoms with Crippen LogP contribution in [0.3, 0.4) is 0 Å². The highest BCUT2D eigenvalue weighted by molar-refractivity contribution is 7.91. The zero-order chi connectivity index (χ0) is 13.2. The Balaban J connectivity index is 2.44. The summed E-state index contributed by atoms with van der Waals surface area (Å²) in [6.07, 6.45) is 0. The highest BCUT2D eigenvalue weighted by Crippen LogP contribution is 2.21. The van der Waals surface area contributed by atoms with Gasteiger partial charge < -0.3 is 5.11 Å². The van der Waals surface area contributed by atoms with Gasteiger partial charge in [0.05, 0.1) is 17.6 Å². The first-order valence-corrected chi connectivity index (χ1v) is 7.55. The van der Waals surface area contributed by atoms with Gasteiger partial charge in [-0.3, -0.25) is 0 Å². The minimum absolute atomic E-state index is 0.0317. The maximum absolute atomic E-state index is 12.0. The minimum atomic E-state index is -3.30. The van der Waals surface area contributed by atoms with Gasteiger partial charge in [0.25, 0.3) is 0 Å². The molecule has 0 aliphatic rings. The molecule has 0 aliphatic heterocycles. The fourth-order valence-corrected chi connectivity index (χ4v) is 3.09. The molecule has 1 unspecified atom stereocenters. The SMILES string of the molecule is CC(CO)S(=O)(=O)Cc1cccc2ccccc12. The lowest BCUT2D eigenvalue weighted by Crippen LogP contribution is -2.23. The van der Waals surface area contributed by atoms with Crippen LogP contribution in [-0.2, 0) is 15.6 Å². The summed E-state index contributed by atoms with van der Waals surface area (Å²) >= 11 is 0. The normalized spacial score (nSPS) is 13.7. The monoisotopic (exact) mass is 264 g/mol. The van der Waals surface area contributed by atoms with E-state index in [1.54, 1.807) is 0 Å². The van der Waals surface area contributed by atoms with E-state index in [1.807, 2.05) is 42.5 Å². The van der Waals surface area contributed by atoms with E-state index in [4.69, 9.17) is 5.11 Å². The standard InChI is InChI=1S/C14H16O3S/c1-11(9-15)18(16,17)10-13-7-4-6-12-5-2-3-8-14(12)13/h2-8,11,15H,9-10H2,1H3. The molecule has 0 fully saturated rings. The average molecular weight is 264 g/mol. The largest absolute Gasteiger partial charge is 0.395 e. The van der Waals surface area contributed by atoms with Gasteiger partial charge in [-0.1, -0.05) is 42.5 Å². The highest BCUT2D eigenvalue weighted by Gasteiger charge is 2.21. The molecule has 0 aliphatic carbocycles. The van der Waals surface area contributed by atoms with Crippen LogP contribution in [0.4, 0.5) is 0 Å². The molecule has 0 amide bonds. The summed E-state index contributed by atoms with van der Waals surface area (Å²) < 4.78 is 24.0. The Morgan fingerprint density at radius 2 is 1.78 bits per heavy atom. The predicted molar refractivity (Wildman–Crippen MR) is 73.1 cm³/mol. The maximum Gasteiger partial charge on any atom is 0.159 e. The molecule has 0 bridgehead atoms. The lowest BCUT2D eigenvalue weighted by atomic mass is 10.1.